The van der Waals surface area contributed by atoms with Crippen LogP contribution in [-0.4, -0.2) is 21.0 Å². The van der Waals surface area contributed by atoms with Crippen LogP contribution in [0.15, 0.2) is 30.5 Å². The van der Waals surface area contributed by atoms with Crippen LogP contribution in [0.5, 0.6) is 0 Å². The van der Waals surface area contributed by atoms with Crippen molar-refractivity contribution in [2.75, 3.05) is 0 Å². The van der Waals surface area contributed by atoms with Gasteiger partial charge in [-0.2, -0.15) is 0 Å². The van der Waals surface area contributed by atoms with Gasteiger partial charge in [-0.15, -0.1) is 0 Å². The summed E-state index contributed by atoms with van der Waals surface area (Å²) < 4.78 is 0. The minimum Gasteiger partial charge on any atom is -0.478 e. The van der Waals surface area contributed by atoms with E-state index in [2.05, 4.69) is 28.2 Å². The maximum Gasteiger partial charge on any atom is 0.339 e. The normalized spacial score (nSPS) is 17.3. The topological polar surface area (TPSA) is 63.1 Å². The van der Waals surface area contributed by atoms with Gasteiger partial charge in [0.25, 0.3) is 0 Å². The molecule has 1 aliphatic carbocycles. The van der Waals surface area contributed by atoms with Crippen molar-refractivity contribution < 1.29 is 9.90 Å². The van der Waals surface area contributed by atoms with E-state index >= 15 is 0 Å². The average molecular weight is 282 g/mol. The Bertz CT molecular complexity index is 682. The molecule has 0 aliphatic heterocycles. The van der Waals surface area contributed by atoms with Crippen LogP contribution in [0.4, 0.5) is 0 Å². The molecule has 4 heteroatoms. The zero-order valence-corrected chi connectivity index (χ0v) is 12.0. The molecule has 2 aromatic rings. The summed E-state index contributed by atoms with van der Waals surface area (Å²) in [5, 5.41) is 9.18. The van der Waals surface area contributed by atoms with Crippen LogP contribution in [0.1, 0.15) is 58.7 Å². The van der Waals surface area contributed by atoms with Crippen LogP contribution in [0.25, 0.3) is 0 Å². The summed E-state index contributed by atoms with van der Waals surface area (Å²) in [6, 6.07) is 8.41. The molecule has 1 heterocycles. The molecule has 21 heavy (non-hydrogen) atoms. The van der Waals surface area contributed by atoms with Crippen molar-refractivity contribution in [2.45, 2.75) is 38.5 Å². The van der Waals surface area contributed by atoms with Gasteiger partial charge in [-0.05, 0) is 36.8 Å². The van der Waals surface area contributed by atoms with Crippen LogP contribution in [-0.2, 0) is 12.8 Å². The van der Waals surface area contributed by atoms with Gasteiger partial charge in [-0.3, -0.25) is 0 Å². The second-order valence-electron chi connectivity index (χ2n) is 5.39. The van der Waals surface area contributed by atoms with E-state index < -0.39 is 5.97 Å². The Balaban J connectivity index is 2.04. The molecule has 0 bridgehead atoms. The third-order valence-corrected chi connectivity index (χ3v) is 4.13. The van der Waals surface area contributed by atoms with E-state index in [0.29, 0.717) is 12.1 Å². The maximum absolute atomic E-state index is 11.2. The quantitative estimate of drug-likeness (QED) is 0.939. The number of benzene rings is 1. The van der Waals surface area contributed by atoms with E-state index in [9.17, 15) is 9.90 Å². The second kappa shape index (κ2) is 5.64. The van der Waals surface area contributed by atoms with Crippen LogP contribution >= 0.6 is 0 Å². The number of aryl methyl sites for hydroxylation is 2. The lowest BCUT2D eigenvalue weighted by molar-refractivity contribution is 0.0694. The molecule has 1 N–H and O–H groups in total. The molecule has 1 unspecified atom stereocenters. The summed E-state index contributed by atoms with van der Waals surface area (Å²) in [6.07, 6.45) is 5.30. The van der Waals surface area contributed by atoms with E-state index in [1.807, 2.05) is 13.0 Å². The van der Waals surface area contributed by atoms with Crippen LogP contribution in [0, 0.1) is 0 Å². The lowest BCUT2D eigenvalue weighted by atomic mass is 9.82. The molecule has 1 atom stereocenters. The summed E-state index contributed by atoms with van der Waals surface area (Å²) in [4.78, 5) is 20.1. The molecular formula is C17H18N2O2. The van der Waals surface area contributed by atoms with Gasteiger partial charge in [0, 0.05) is 12.1 Å². The fourth-order valence-corrected chi connectivity index (χ4v) is 3.07. The number of aromatic nitrogens is 2. The number of aromatic carboxylic acids is 1. The SMILES string of the molecule is CCc1nc(C2CCCc3ccccc32)ncc1C(=O)O. The molecule has 0 radical (unpaired) electrons. The van der Waals surface area contributed by atoms with E-state index in [1.165, 1.54) is 17.3 Å². The summed E-state index contributed by atoms with van der Waals surface area (Å²) in [6.45, 7) is 1.92. The van der Waals surface area contributed by atoms with Gasteiger partial charge in [0.2, 0.25) is 0 Å². The van der Waals surface area contributed by atoms with Crippen molar-refractivity contribution in [3.8, 4) is 0 Å². The van der Waals surface area contributed by atoms with Gasteiger partial charge in [0.05, 0.1) is 11.3 Å². The fourth-order valence-electron chi connectivity index (χ4n) is 3.07. The zero-order chi connectivity index (χ0) is 14.8. The number of fused-ring (bicyclic) bond motifs is 1. The standard InChI is InChI=1S/C17H18N2O2/c1-2-15-14(17(20)21)10-18-16(19-15)13-9-5-7-11-6-3-4-8-12(11)13/h3-4,6,8,10,13H,2,5,7,9H2,1H3,(H,20,21). The highest BCUT2D eigenvalue weighted by Crippen LogP contribution is 2.35. The largest absolute Gasteiger partial charge is 0.478 e. The number of carbonyl (C=O) groups is 1. The van der Waals surface area contributed by atoms with E-state index in [-0.39, 0.29) is 11.5 Å². The Morgan fingerprint density at radius 2 is 2.19 bits per heavy atom. The minimum atomic E-state index is -0.956. The van der Waals surface area contributed by atoms with Crippen molar-refractivity contribution in [3.05, 3.63) is 58.7 Å². The summed E-state index contributed by atoms with van der Waals surface area (Å²) >= 11 is 0. The highest BCUT2D eigenvalue weighted by Gasteiger charge is 2.24. The van der Waals surface area contributed by atoms with Gasteiger partial charge in [-0.25, -0.2) is 14.8 Å². The van der Waals surface area contributed by atoms with Crippen molar-refractivity contribution in [3.63, 3.8) is 0 Å². The summed E-state index contributed by atoms with van der Waals surface area (Å²) in [7, 11) is 0. The first-order valence-corrected chi connectivity index (χ1v) is 7.37. The number of hydrogen-bond donors (Lipinski definition) is 1. The van der Waals surface area contributed by atoms with Gasteiger partial charge in [0.1, 0.15) is 5.82 Å². The predicted molar refractivity (Wildman–Crippen MR) is 79.6 cm³/mol. The van der Waals surface area contributed by atoms with Crippen LogP contribution in [0.3, 0.4) is 0 Å². The molecule has 108 valence electrons. The number of hydrogen-bond acceptors (Lipinski definition) is 3. The number of nitrogens with zero attached hydrogens (tertiary/aromatic N) is 2. The molecule has 1 aromatic heterocycles. The van der Waals surface area contributed by atoms with Crippen LogP contribution in [0.2, 0.25) is 0 Å². The molecule has 1 aliphatic rings. The monoisotopic (exact) mass is 282 g/mol. The Morgan fingerprint density at radius 3 is 2.95 bits per heavy atom. The lowest BCUT2D eigenvalue weighted by Gasteiger charge is -2.24. The van der Waals surface area contributed by atoms with E-state index in [1.54, 1.807) is 0 Å². The highest BCUT2D eigenvalue weighted by atomic mass is 16.4. The molecule has 0 spiro atoms. The van der Waals surface area contributed by atoms with Crippen LogP contribution < -0.4 is 0 Å². The summed E-state index contributed by atoms with van der Waals surface area (Å²) in [5.41, 5.74) is 3.48. The van der Waals surface area contributed by atoms with Crippen molar-refractivity contribution in [1.82, 2.24) is 9.97 Å². The van der Waals surface area contributed by atoms with Gasteiger partial charge < -0.3 is 5.11 Å². The Morgan fingerprint density at radius 1 is 1.38 bits per heavy atom. The third kappa shape index (κ3) is 2.53. The summed E-state index contributed by atoms with van der Waals surface area (Å²) in [5.74, 6) is -0.0189. The molecule has 0 saturated carbocycles. The highest BCUT2D eigenvalue weighted by molar-refractivity contribution is 5.88. The minimum absolute atomic E-state index is 0.183. The Hall–Kier alpha value is -2.23. The molecule has 4 nitrogen and oxygen atoms in total. The number of carboxylic acid groups (broad SMARTS) is 1. The third-order valence-electron chi connectivity index (χ3n) is 4.13. The first-order chi connectivity index (χ1) is 10.2. The molecule has 3 rings (SSSR count). The molecule has 0 saturated heterocycles. The number of rotatable bonds is 3. The van der Waals surface area contributed by atoms with Gasteiger partial charge in [-0.1, -0.05) is 31.2 Å². The maximum atomic E-state index is 11.2. The van der Waals surface area contributed by atoms with Crippen molar-refractivity contribution >= 4 is 5.97 Å². The fraction of sp³-hybridized carbons (Fsp3) is 0.353. The predicted octanol–water partition coefficient (Wildman–Crippen LogP) is 3.21. The van der Waals surface area contributed by atoms with Crippen molar-refractivity contribution in [2.24, 2.45) is 0 Å². The average Bonchev–Trinajstić information content (AvgIpc) is 2.53. The molecule has 0 fully saturated rings. The van der Waals surface area contributed by atoms with Crippen molar-refractivity contribution in [1.29, 1.82) is 0 Å². The molecule has 0 amide bonds. The molecule has 1 aromatic carbocycles. The smallest absolute Gasteiger partial charge is 0.339 e. The first kappa shape index (κ1) is 13.7. The van der Waals surface area contributed by atoms with Gasteiger partial charge in [0.15, 0.2) is 0 Å². The zero-order valence-electron chi connectivity index (χ0n) is 12.0. The van der Waals surface area contributed by atoms with E-state index in [0.717, 1.165) is 25.1 Å². The van der Waals surface area contributed by atoms with E-state index in [4.69, 9.17) is 0 Å². The second-order valence-corrected chi connectivity index (χ2v) is 5.39. The number of carboxylic acids is 1. The Labute approximate surface area is 123 Å². The first-order valence-electron chi connectivity index (χ1n) is 7.37. The Kier molecular flexibility index (Phi) is 3.69. The lowest BCUT2D eigenvalue weighted by Crippen LogP contribution is -2.16. The van der Waals surface area contributed by atoms with Gasteiger partial charge >= 0.3 is 5.97 Å². The molecular weight excluding hydrogens is 264 g/mol.